The number of rotatable bonds is 2. The summed E-state index contributed by atoms with van der Waals surface area (Å²) in [6, 6.07) is 0. The number of nitrogens with two attached hydrogens (primary N) is 1. The van der Waals surface area contributed by atoms with Crippen LogP contribution in [0.2, 0.25) is 0 Å². The van der Waals surface area contributed by atoms with Crippen molar-refractivity contribution in [2.75, 3.05) is 23.7 Å². The lowest BCUT2D eigenvalue weighted by molar-refractivity contribution is 0.237. The van der Waals surface area contributed by atoms with E-state index < -0.39 is 0 Å². The summed E-state index contributed by atoms with van der Waals surface area (Å²) in [6.45, 7) is 6.74. The zero-order chi connectivity index (χ0) is 11.6. The molecule has 0 amide bonds. The fourth-order valence-corrected chi connectivity index (χ4v) is 2.09. The molecule has 0 aliphatic carbocycles. The van der Waals surface area contributed by atoms with Crippen molar-refractivity contribution >= 4 is 11.6 Å². The van der Waals surface area contributed by atoms with Crippen LogP contribution in [0.25, 0.3) is 0 Å². The molecular weight excluding hydrogens is 200 g/mol. The van der Waals surface area contributed by atoms with Crippen LogP contribution in [0.1, 0.15) is 33.1 Å². The second-order valence-corrected chi connectivity index (χ2v) is 4.97. The Morgan fingerprint density at radius 3 is 2.38 bits per heavy atom. The van der Waals surface area contributed by atoms with Gasteiger partial charge in [0.25, 0.3) is 0 Å². The van der Waals surface area contributed by atoms with E-state index in [0.717, 1.165) is 19.0 Å². The molecule has 2 rings (SSSR count). The quantitative estimate of drug-likeness (QED) is 0.829. The average molecular weight is 220 g/mol. The third-order valence-electron chi connectivity index (χ3n) is 3.77. The van der Waals surface area contributed by atoms with Gasteiger partial charge >= 0.3 is 0 Å². The summed E-state index contributed by atoms with van der Waals surface area (Å²) in [5.74, 6) is 0.812. The van der Waals surface area contributed by atoms with Gasteiger partial charge in [0.1, 0.15) is 0 Å². The first-order valence-electron chi connectivity index (χ1n) is 5.95. The van der Waals surface area contributed by atoms with Gasteiger partial charge in [-0.2, -0.15) is 0 Å². The third-order valence-corrected chi connectivity index (χ3v) is 3.77. The molecule has 4 nitrogen and oxygen atoms in total. The number of hydrogen-bond donors (Lipinski definition) is 1. The SMILES string of the molecule is CCC1(C)CCN(c2ncc(N)cn2)CC1. The minimum absolute atomic E-state index is 0.504. The molecular formula is C12H20N4. The van der Waals surface area contributed by atoms with E-state index >= 15 is 0 Å². The molecule has 0 radical (unpaired) electrons. The largest absolute Gasteiger partial charge is 0.396 e. The molecule has 1 fully saturated rings. The molecule has 1 aliphatic rings. The van der Waals surface area contributed by atoms with Gasteiger partial charge in [0.15, 0.2) is 0 Å². The maximum absolute atomic E-state index is 5.58. The molecule has 0 saturated carbocycles. The van der Waals surface area contributed by atoms with Crippen LogP contribution in [0.3, 0.4) is 0 Å². The normalized spacial score (nSPS) is 19.8. The van der Waals surface area contributed by atoms with Crippen molar-refractivity contribution in [1.82, 2.24) is 9.97 Å². The zero-order valence-corrected chi connectivity index (χ0v) is 10.1. The van der Waals surface area contributed by atoms with Crippen LogP contribution in [-0.4, -0.2) is 23.1 Å². The first-order chi connectivity index (χ1) is 7.63. The Balaban J connectivity index is 2.01. The summed E-state index contributed by atoms with van der Waals surface area (Å²) in [5, 5.41) is 0. The van der Waals surface area contributed by atoms with Crippen molar-refractivity contribution in [3.63, 3.8) is 0 Å². The molecule has 0 unspecified atom stereocenters. The van der Waals surface area contributed by atoms with E-state index in [9.17, 15) is 0 Å². The number of hydrogen-bond acceptors (Lipinski definition) is 4. The van der Waals surface area contributed by atoms with Crippen LogP contribution < -0.4 is 10.6 Å². The van der Waals surface area contributed by atoms with E-state index in [1.807, 2.05) is 0 Å². The topological polar surface area (TPSA) is 55.0 Å². The van der Waals surface area contributed by atoms with Crippen molar-refractivity contribution in [3.05, 3.63) is 12.4 Å². The van der Waals surface area contributed by atoms with Gasteiger partial charge in [-0.1, -0.05) is 20.3 Å². The predicted molar refractivity (Wildman–Crippen MR) is 66.3 cm³/mol. The molecule has 0 atom stereocenters. The van der Waals surface area contributed by atoms with Gasteiger partial charge in [-0.25, -0.2) is 9.97 Å². The Bertz CT molecular complexity index is 339. The van der Waals surface area contributed by atoms with Crippen molar-refractivity contribution in [3.8, 4) is 0 Å². The molecule has 2 heterocycles. The maximum Gasteiger partial charge on any atom is 0.225 e. The molecule has 1 aromatic rings. The lowest BCUT2D eigenvalue weighted by Crippen LogP contribution is -2.39. The predicted octanol–water partition coefficient (Wildman–Crippen LogP) is 2.08. The molecule has 0 bridgehead atoms. The van der Waals surface area contributed by atoms with E-state index in [1.165, 1.54) is 19.3 Å². The zero-order valence-electron chi connectivity index (χ0n) is 10.1. The first kappa shape index (κ1) is 11.2. The van der Waals surface area contributed by atoms with E-state index in [4.69, 9.17) is 5.73 Å². The molecule has 2 N–H and O–H groups in total. The fraction of sp³-hybridized carbons (Fsp3) is 0.667. The second kappa shape index (κ2) is 4.28. The molecule has 4 heteroatoms. The Kier molecular flexibility index (Phi) is 2.99. The lowest BCUT2D eigenvalue weighted by Gasteiger charge is -2.38. The Morgan fingerprint density at radius 2 is 1.88 bits per heavy atom. The van der Waals surface area contributed by atoms with Gasteiger partial charge in [-0.3, -0.25) is 0 Å². The Morgan fingerprint density at radius 1 is 1.31 bits per heavy atom. The first-order valence-corrected chi connectivity index (χ1v) is 5.95. The highest BCUT2D eigenvalue weighted by Crippen LogP contribution is 2.34. The minimum atomic E-state index is 0.504. The molecule has 1 saturated heterocycles. The summed E-state index contributed by atoms with van der Waals surface area (Å²) in [6.07, 6.45) is 7.05. The summed E-state index contributed by atoms with van der Waals surface area (Å²) in [7, 11) is 0. The van der Waals surface area contributed by atoms with Crippen LogP contribution in [0, 0.1) is 5.41 Å². The van der Waals surface area contributed by atoms with E-state index in [-0.39, 0.29) is 0 Å². The van der Waals surface area contributed by atoms with Crippen LogP contribution >= 0.6 is 0 Å². The highest BCUT2D eigenvalue weighted by atomic mass is 15.2. The van der Waals surface area contributed by atoms with Crippen molar-refractivity contribution in [2.24, 2.45) is 5.41 Å². The number of piperidine rings is 1. The minimum Gasteiger partial charge on any atom is -0.396 e. The number of anilines is 2. The molecule has 0 aromatic carbocycles. The summed E-state index contributed by atoms with van der Waals surface area (Å²) >= 11 is 0. The maximum atomic E-state index is 5.58. The van der Waals surface area contributed by atoms with Crippen LogP contribution in [0.4, 0.5) is 11.6 Å². The van der Waals surface area contributed by atoms with Crippen LogP contribution in [0.15, 0.2) is 12.4 Å². The van der Waals surface area contributed by atoms with Gasteiger partial charge in [0.05, 0.1) is 18.1 Å². The van der Waals surface area contributed by atoms with Crippen molar-refractivity contribution in [2.45, 2.75) is 33.1 Å². The van der Waals surface area contributed by atoms with Gasteiger partial charge < -0.3 is 10.6 Å². The van der Waals surface area contributed by atoms with Crippen LogP contribution in [-0.2, 0) is 0 Å². The molecule has 1 aliphatic heterocycles. The molecule has 88 valence electrons. The number of aromatic nitrogens is 2. The number of nitrogen functional groups attached to an aromatic ring is 1. The van der Waals surface area contributed by atoms with E-state index in [2.05, 4.69) is 28.7 Å². The van der Waals surface area contributed by atoms with E-state index in [1.54, 1.807) is 12.4 Å². The van der Waals surface area contributed by atoms with Crippen LogP contribution in [0.5, 0.6) is 0 Å². The molecule has 0 spiro atoms. The summed E-state index contributed by atoms with van der Waals surface area (Å²) in [4.78, 5) is 10.8. The average Bonchev–Trinajstić information content (AvgIpc) is 2.32. The van der Waals surface area contributed by atoms with Gasteiger partial charge in [0, 0.05) is 13.1 Å². The smallest absolute Gasteiger partial charge is 0.225 e. The molecule has 16 heavy (non-hydrogen) atoms. The van der Waals surface area contributed by atoms with E-state index in [0.29, 0.717) is 11.1 Å². The number of nitrogens with zero attached hydrogens (tertiary/aromatic N) is 3. The highest BCUT2D eigenvalue weighted by molar-refractivity contribution is 5.38. The fourth-order valence-electron chi connectivity index (χ4n) is 2.09. The third kappa shape index (κ3) is 2.26. The monoisotopic (exact) mass is 220 g/mol. The highest BCUT2D eigenvalue weighted by Gasteiger charge is 2.28. The summed E-state index contributed by atoms with van der Waals surface area (Å²) in [5.41, 5.74) is 6.71. The Labute approximate surface area is 96.9 Å². The standard InChI is InChI=1S/C12H20N4/c1-3-12(2)4-6-16(7-5-12)11-14-8-10(13)9-15-11/h8-9H,3-7,13H2,1-2H3. The van der Waals surface area contributed by atoms with Gasteiger partial charge in [-0.15, -0.1) is 0 Å². The van der Waals surface area contributed by atoms with Crippen molar-refractivity contribution < 1.29 is 0 Å². The Hall–Kier alpha value is -1.32. The van der Waals surface area contributed by atoms with Gasteiger partial charge in [0.2, 0.25) is 5.95 Å². The second-order valence-electron chi connectivity index (χ2n) is 4.97. The van der Waals surface area contributed by atoms with Crippen molar-refractivity contribution in [1.29, 1.82) is 0 Å². The summed E-state index contributed by atoms with van der Waals surface area (Å²) < 4.78 is 0. The lowest BCUT2D eigenvalue weighted by atomic mass is 9.78. The van der Waals surface area contributed by atoms with Gasteiger partial charge in [-0.05, 0) is 18.3 Å². The molecule has 1 aromatic heterocycles.